The van der Waals surface area contributed by atoms with Gasteiger partial charge in [0.05, 0.1) is 23.4 Å². The normalized spacial score (nSPS) is 14.6. The van der Waals surface area contributed by atoms with Gasteiger partial charge >= 0.3 is 12.0 Å². The van der Waals surface area contributed by atoms with Crippen LogP contribution in [-0.4, -0.2) is 30.9 Å². The summed E-state index contributed by atoms with van der Waals surface area (Å²) >= 11 is 17.8. The lowest BCUT2D eigenvalue weighted by atomic mass is 10.1. The molecule has 1 aliphatic rings. The number of ether oxygens (including phenoxy) is 2. The number of urea groups is 1. The number of nitrogens with zero attached hydrogens (tertiary/aromatic N) is 1. The van der Waals surface area contributed by atoms with E-state index in [1.165, 1.54) is 73.8 Å². The second-order valence-electron chi connectivity index (χ2n) is 7.36. The van der Waals surface area contributed by atoms with Crippen LogP contribution in [0.4, 0.5) is 10.5 Å². The highest BCUT2D eigenvalue weighted by Gasteiger charge is 2.36. The Balaban J connectivity index is 1.62. The zero-order valence-electron chi connectivity index (χ0n) is 18.4. The number of carbonyl (C=O) groups is 4. The van der Waals surface area contributed by atoms with E-state index < -0.39 is 23.8 Å². The quantitative estimate of drug-likeness (QED) is 0.195. The number of rotatable bonds is 5. The van der Waals surface area contributed by atoms with Gasteiger partial charge in [0.1, 0.15) is 5.57 Å². The van der Waals surface area contributed by atoms with E-state index in [2.05, 4.69) is 5.32 Å². The molecule has 0 spiro atoms. The summed E-state index contributed by atoms with van der Waals surface area (Å²) in [6, 6.07) is 13.8. The van der Waals surface area contributed by atoms with Crippen LogP contribution in [0, 0.1) is 0 Å². The molecule has 182 valence electrons. The number of carbonyl (C=O) groups excluding carboxylic acids is 4. The van der Waals surface area contributed by atoms with Gasteiger partial charge in [-0.1, -0.05) is 40.9 Å². The largest absolute Gasteiger partial charge is 0.493 e. The van der Waals surface area contributed by atoms with Crippen LogP contribution in [0.5, 0.6) is 11.5 Å². The molecular formula is C25H15Cl3N2O6. The number of esters is 1. The third-order valence-corrected chi connectivity index (χ3v) is 5.84. The van der Waals surface area contributed by atoms with Gasteiger partial charge in [-0.25, -0.2) is 14.5 Å². The number of benzene rings is 3. The lowest BCUT2D eigenvalue weighted by Crippen LogP contribution is -2.54. The summed E-state index contributed by atoms with van der Waals surface area (Å²) in [6.07, 6.45) is 1.29. The molecule has 0 atom stereocenters. The highest BCUT2D eigenvalue weighted by atomic mass is 35.5. The highest BCUT2D eigenvalue weighted by molar-refractivity contribution is 6.39. The van der Waals surface area contributed by atoms with Gasteiger partial charge in [0.25, 0.3) is 11.8 Å². The fourth-order valence-corrected chi connectivity index (χ4v) is 3.93. The summed E-state index contributed by atoms with van der Waals surface area (Å²) in [5.41, 5.74) is 0.427. The van der Waals surface area contributed by atoms with Crippen molar-refractivity contribution in [3.05, 3.63) is 92.4 Å². The first-order chi connectivity index (χ1) is 17.2. The molecule has 1 saturated heterocycles. The van der Waals surface area contributed by atoms with Crippen molar-refractivity contribution in [2.75, 3.05) is 12.0 Å². The summed E-state index contributed by atoms with van der Waals surface area (Å²) < 4.78 is 10.7. The van der Waals surface area contributed by atoms with Crippen molar-refractivity contribution in [1.82, 2.24) is 5.32 Å². The zero-order chi connectivity index (χ0) is 26.0. The molecule has 0 aliphatic carbocycles. The molecule has 1 fully saturated rings. The molecule has 1 aliphatic heterocycles. The molecule has 36 heavy (non-hydrogen) atoms. The Morgan fingerprint density at radius 3 is 2.25 bits per heavy atom. The number of methoxy groups -OCH3 is 1. The molecule has 4 rings (SSSR count). The minimum atomic E-state index is -0.884. The number of barbiturate groups is 1. The van der Waals surface area contributed by atoms with Crippen LogP contribution >= 0.6 is 34.8 Å². The zero-order valence-corrected chi connectivity index (χ0v) is 20.6. The first-order valence-electron chi connectivity index (χ1n) is 10.2. The van der Waals surface area contributed by atoms with E-state index in [-0.39, 0.29) is 33.3 Å². The Labute approximate surface area is 219 Å². The number of nitrogens with one attached hydrogen (secondary N) is 1. The van der Waals surface area contributed by atoms with Crippen molar-refractivity contribution in [2.45, 2.75) is 0 Å². The summed E-state index contributed by atoms with van der Waals surface area (Å²) in [5, 5.41) is 3.04. The number of anilines is 1. The molecule has 0 saturated carbocycles. The number of amides is 4. The second-order valence-corrected chi connectivity index (χ2v) is 8.64. The molecule has 0 unspecified atom stereocenters. The SMILES string of the molecule is COc1cc(/C=C2\C(=O)NC(=O)N(c3ccc(Cl)cc3)C2=O)ccc1OC(=O)c1ccc(Cl)cc1Cl. The van der Waals surface area contributed by atoms with E-state index in [0.29, 0.717) is 15.6 Å². The molecule has 0 bridgehead atoms. The Bertz CT molecular complexity index is 1440. The number of imide groups is 2. The maximum Gasteiger partial charge on any atom is 0.345 e. The first-order valence-corrected chi connectivity index (χ1v) is 11.3. The Kier molecular flexibility index (Phi) is 7.30. The van der Waals surface area contributed by atoms with Gasteiger partial charge in [0, 0.05) is 10.0 Å². The van der Waals surface area contributed by atoms with Gasteiger partial charge in [-0.2, -0.15) is 0 Å². The lowest BCUT2D eigenvalue weighted by Gasteiger charge is -2.26. The van der Waals surface area contributed by atoms with E-state index in [0.717, 1.165) is 4.90 Å². The van der Waals surface area contributed by atoms with E-state index in [1.807, 2.05) is 0 Å². The van der Waals surface area contributed by atoms with Crippen LogP contribution < -0.4 is 19.7 Å². The monoisotopic (exact) mass is 544 g/mol. The van der Waals surface area contributed by atoms with Crippen molar-refractivity contribution < 1.29 is 28.7 Å². The van der Waals surface area contributed by atoms with Crippen molar-refractivity contribution in [1.29, 1.82) is 0 Å². The van der Waals surface area contributed by atoms with Crippen LogP contribution in [0.15, 0.2) is 66.2 Å². The van der Waals surface area contributed by atoms with E-state index in [9.17, 15) is 19.2 Å². The molecule has 1 heterocycles. The van der Waals surface area contributed by atoms with Crippen molar-refractivity contribution >= 4 is 70.4 Å². The van der Waals surface area contributed by atoms with Crippen molar-refractivity contribution in [3.8, 4) is 11.5 Å². The number of hydrogen-bond acceptors (Lipinski definition) is 6. The molecular weight excluding hydrogens is 531 g/mol. The maximum absolute atomic E-state index is 13.0. The van der Waals surface area contributed by atoms with Crippen LogP contribution in [0.25, 0.3) is 6.08 Å². The van der Waals surface area contributed by atoms with Gasteiger partial charge in [0.2, 0.25) is 0 Å². The van der Waals surface area contributed by atoms with E-state index in [4.69, 9.17) is 44.3 Å². The fourth-order valence-electron chi connectivity index (χ4n) is 3.32. The van der Waals surface area contributed by atoms with Gasteiger partial charge in [0.15, 0.2) is 11.5 Å². The smallest absolute Gasteiger partial charge is 0.345 e. The van der Waals surface area contributed by atoms with Gasteiger partial charge < -0.3 is 9.47 Å². The third kappa shape index (κ3) is 5.21. The molecule has 3 aromatic carbocycles. The molecule has 8 nitrogen and oxygen atoms in total. The summed E-state index contributed by atoms with van der Waals surface area (Å²) in [5.74, 6) is -2.19. The van der Waals surface area contributed by atoms with Crippen molar-refractivity contribution in [3.63, 3.8) is 0 Å². The summed E-state index contributed by atoms with van der Waals surface area (Å²) in [7, 11) is 1.36. The summed E-state index contributed by atoms with van der Waals surface area (Å²) in [4.78, 5) is 51.2. The van der Waals surface area contributed by atoms with Gasteiger partial charge in [-0.15, -0.1) is 0 Å². The average molecular weight is 546 g/mol. The van der Waals surface area contributed by atoms with E-state index >= 15 is 0 Å². The summed E-state index contributed by atoms with van der Waals surface area (Å²) in [6.45, 7) is 0. The van der Waals surface area contributed by atoms with Gasteiger partial charge in [-0.05, 0) is 66.2 Å². The maximum atomic E-state index is 13.0. The van der Waals surface area contributed by atoms with E-state index in [1.54, 1.807) is 0 Å². The van der Waals surface area contributed by atoms with Crippen LogP contribution in [-0.2, 0) is 9.59 Å². The number of hydrogen-bond donors (Lipinski definition) is 1. The minimum Gasteiger partial charge on any atom is -0.493 e. The fraction of sp³-hybridized carbons (Fsp3) is 0.0400. The molecule has 0 radical (unpaired) electrons. The predicted molar refractivity (Wildman–Crippen MR) is 135 cm³/mol. The highest BCUT2D eigenvalue weighted by Crippen LogP contribution is 2.32. The molecule has 1 N–H and O–H groups in total. The Morgan fingerprint density at radius 2 is 1.58 bits per heavy atom. The van der Waals surface area contributed by atoms with Crippen LogP contribution in [0.1, 0.15) is 15.9 Å². The lowest BCUT2D eigenvalue weighted by molar-refractivity contribution is -0.122. The van der Waals surface area contributed by atoms with Gasteiger partial charge in [-0.3, -0.25) is 14.9 Å². The average Bonchev–Trinajstić information content (AvgIpc) is 2.83. The molecule has 4 amide bonds. The minimum absolute atomic E-state index is 0.0769. The van der Waals surface area contributed by atoms with Crippen molar-refractivity contribution in [2.24, 2.45) is 0 Å². The third-order valence-electron chi connectivity index (χ3n) is 5.04. The second kappa shape index (κ2) is 10.4. The molecule has 0 aromatic heterocycles. The number of halogens is 3. The predicted octanol–water partition coefficient (Wildman–Crippen LogP) is 5.54. The molecule has 11 heteroatoms. The van der Waals surface area contributed by atoms with Crippen LogP contribution in [0.2, 0.25) is 15.1 Å². The Hall–Kier alpha value is -3.85. The van der Waals surface area contributed by atoms with Crippen LogP contribution in [0.3, 0.4) is 0 Å². The first kappa shape index (κ1) is 25.2. The Morgan fingerprint density at radius 1 is 0.889 bits per heavy atom. The molecule has 3 aromatic rings. The standard InChI is InChI=1S/C25H15Cl3N2O6/c1-35-21-11-13(2-9-20(21)36-24(33)17-8-5-15(27)12-19(17)28)10-18-22(31)29-25(34)30(23(18)32)16-6-3-14(26)4-7-16/h2-12H,1H3,(H,29,31,34)/b18-10+. The topological polar surface area (TPSA) is 102 Å².